The fourth-order valence-electron chi connectivity index (χ4n) is 3.44. The standard InChI is InChI=1S/C23H23FN4O3S/c1-30-18-8-7-16(13-19(18)31-2)14-21(29)28(11-4-10-27-12-9-25-15-27)23-26-22-17(24)5-3-6-20(22)32-23/h3,5-9,12-13,15H,4,10-11,14H2,1-2H3. The Kier molecular flexibility index (Phi) is 6.65. The second kappa shape index (κ2) is 9.78. The lowest BCUT2D eigenvalue weighted by atomic mass is 10.1. The largest absolute Gasteiger partial charge is 0.493 e. The van der Waals surface area contributed by atoms with E-state index in [0.717, 1.165) is 5.56 Å². The number of aromatic nitrogens is 3. The van der Waals surface area contributed by atoms with Crippen molar-refractivity contribution in [3.05, 3.63) is 66.5 Å². The van der Waals surface area contributed by atoms with Gasteiger partial charge in [-0.15, -0.1) is 0 Å². The van der Waals surface area contributed by atoms with Gasteiger partial charge in [-0.1, -0.05) is 23.5 Å². The van der Waals surface area contributed by atoms with Crippen LogP contribution in [-0.4, -0.2) is 41.2 Å². The molecular formula is C23H23FN4O3S. The predicted molar refractivity (Wildman–Crippen MR) is 122 cm³/mol. The summed E-state index contributed by atoms with van der Waals surface area (Å²) in [6, 6.07) is 10.2. The molecular weight excluding hydrogens is 431 g/mol. The molecule has 0 aliphatic rings. The van der Waals surface area contributed by atoms with Crippen molar-refractivity contribution in [2.75, 3.05) is 25.7 Å². The Morgan fingerprint density at radius 1 is 1.19 bits per heavy atom. The lowest BCUT2D eigenvalue weighted by molar-refractivity contribution is -0.118. The molecule has 0 atom stereocenters. The molecule has 2 aromatic carbocycles. The van der Waals surface area contributed by atoms with Gasteiger partial charge in [0, 0.05) is 25.5 Å². The minimum atomic E-state index is -0.393. The molecule has 2 heterocycles. The highest BCUT2D eigenvalue weighted by Crippen LogP contribution is 2.32. The van der Waals surface area contributed by atoms with Crippen LogP contribution < -0.4 is 14.4 Å². The second-order valence-electron chi connectivity index (χ2n) is 7.15. The maximum Gasteiger partial charge on any atom is 0.233 e. The third-order valence-corrected chi connectivity index (χ3v) is 6.09. The van der Waals surface area contributed by atoms with Crippen molar-refractivity contribution in [1.29, 1.82) is 0 Å². The van der Waals surface area contributed by atoms with Crippen LogP contribution in [0.1, 0.15) is 12.0 Å². The van der Waals surface area contributed by atoms with Crippen molar-refractivity contribution in [3.8, 4) is 11.5 Å². The van der Waals surface area contributed by atoms with Gasteiger partial charge >= 0.3 is 0 Å². The van der Waals surface area contributed by atoms with Crippen LogP contribution in [0.3, 0.4) is 0 Å². The lowest BCUT2D eigenvalue weighted by Crippen LogP contribution is -2.33. The fourth-order valence-corrected chi connectivity index (χ4v) is 4.46. The summed E-state index contributed by atoms with van der Waals surface area (Å²) in [7, 11) is 3.12. The molecule has 0 fully saturated rings. The van der Waals surface area contributed by atoms with Crippen molar-refractivity contribution in [1.82, 2.24) is 14.5 Å². The zero-order valence-electron chi connectivity index (χ0n) is 17.8. The van der Waals surface area contributed by atoms with E-state index >= 15 is 0 Å². The number of carbonyl (C=O) groups is 1. The van der Waals surface area contributed by atoms with Crippen LogP contribution >= 0.6 is 11.3 Å². The summed E-state index contributed by atoms with van der Waals surface area (Å²) in [5.41, 5.74) is 1.07. The van der Waals surface area contributed by atoms with E-state index < -0.39 is 5.82 Å². The quantitative estimate of drug-likeness (QED) is 0.377. The van der Waals surface area contributed by atoms with Gasteiger partial charge in [0.15, 0.2) is 16.6 Å². The van der Waals surface area contributed by atoms with Crippen molar-refractivity contribution < 1.29 is 18.7 Å². The first-order valence-corrected chi connectivity index (χ1v) is 10.9. The summed E-state index contributed by atoms with van der Waals surface area (Å²) >= 11 is 1.31. The average molecular weight is 455 g/mol. The van der Waals surface area contributed by atoms with Gasteiger partial charge in [0.2, 0.25) is 5.91 Å². The predicted octanol–water partition coefficient (Wildman–Crippen LogP) is 4.32. The average Bonchev–Trinajstić information content (AvgIpc) is 3.47. The molecule has 0 aliphatic carbocycles. The number of para-hydroxylation sites is 1. The highest BCUT2D eigenvalue weighted by Gasteiger charge is 2.21. The van der Waals surface area contributed by atoms with Crippen molar-refractivity contribution in [2.24, 2.45) is 0 Å². The third-order valence-electron chi connectivity index (χ3n) is 5.05. The topological polar surface area (TPSA) is 69.5 Å². The number of halogens is 1. The van der Waals surface area contributed by atoms with Crippen LogP contribution in [0.2, 0.25) is 0 Å². The number of benzene rings is 2. The molecule has 0 spiro atoms. The van der Waals surface area contributed by atoms with Crippen molar-refractivity contribution in [3.63, 3.8) is 0 Å². The smallest absolute Gasteiger partial charge is 0.233 e. The molecule has 166 valence electrons. The molecule has 2 aromatic heterocycles. The Labute approximate surface area is 189 Å². The number of anilines is 1. The summed E-state index contributed by atoms with van der Waals surface area (Å²) < 4.78 is 27.5. The van der Waals surface area contributed by atoms with Gasteiger partial charge in [-0.25, -0.2) is 14.4 Å². The molecule has 0 N–H and O–H groups in total. The summed E-state index contributed by atoms with van der Waals surface area (Å²) in [5, 5.41) is 0.487. The van der Waals surface area contributed by atoms with E-state index in [1.54, 1.807) is 49.8 Å². The van der Waals surface area contributed by atoms with Gasteiger partial charge in [0.1, 0.15) is 11.3 Å². The first-order chi connectivity index (χ1) is 15.6. The van der Waals surface area contributed by atoms with Crippen LogP contribution in [0.25, 0.3) is 10.2 Å². The van der Waals surface area contributed by atoms with Crippen molar-refractivity contribution in [2.45, 2.75) is 19.4 Å². The van der Waals surface area contributed by atoms with E-state index in [2.05, 4.69) is 9.97 Å². The van der Waals surface area contributed by atoms with Crippen molar-refractivity contribution >= 4 is 32.6 Å². The maximum absolute atomic E-state index is 14.2. The third kappa shape index (κ3) is 4.72. The zero-order valence-corrected chi connectivity index (χ0v) is 18.6. The summed E-state index contributed by atoms with van der Waals surface area (Å²) in [5.74, 6) is 0.645. The second-order valence-corrected chi connectivity index (χ2v) is 8.16. The molecule has 1 amide bonds. The molecule has 0 aliphatic heterocycles. The number of imidazole rings is 1. The minimum absolute atomic E-state index is 0.123. The molecule has 9 heteroatoms. The maximum atomic E-state index is 14.2. The van der Waals surface area contributed by atoms with Crippen LogP contribution in [0.5, 0.6) is 11.5 Å². The van der Waals surface area contributed by atoms with E-state index in [4.69, 9.17) is 9.47 Å². The molecule has 0 unspecified atom stereocenters. The number of hydrogen-bond acceptors (Lipinski definition) is 6. The monoisotopic (exact) mass is 454 g/mol. The Morgan fingerprint density at radius 3 is 2.75 bits per heavy atom. The number of amides is 1. The highest BCUT2D eigenvalue weighted by atomic mass is 32.1. The molecule has 0 bridgehead atoms. The number of carbonyl (C=O) groups excluding carboxylic acids is 1. The zero-order chi connectivity index (χ0) is 22.5. The Morgan fingerprint density at radius 2 is 2.03 bits per heavy atom. The summed E-state index contributed by atoms with van der Waals surface area (Å²) in [6.45, 7) is 1.16. The number of fused-ring (bicyclic) bond motifs is 1. The van der Waals surface area contributed by atoms with Gasteiger partial charge < -0.3 is 14.0 Å². The number of thiazole rings is 1. The van der Waals surface area contributed by atoms with E-state index in [-0.39, 0.29) is 17.8 Å². The Balaban J connectivity index is 1.58. The number of aryl methyl sites for hydroxylation is 1. The number of hydrogen-bond donors (Lipinski definition) is 0. The van der Waals surface area contributed by atoms with Crippen LogP contribution in [0.15, 0.2) is 55.1 Å². The van der Waals surface area contributed by atoms with Crippen LogP contribution in [-0.2, 0) is 17.8 Å². The Bertz CT molecular complexity index is 1210. The highest BCUT2D eigenvalue weighted by molar-refractivity contribution is 7.22. The SMILES string of the molecule is COc1ccc(CC(=O)N(CCCn2ccnc2)c2nc3c(F)cccc3s2)cc1OC. The first-order valence-electron chi connectivity index (χ1n) is 10.1. The molecule has 4 aromatic rings. The molecule has 7 nitrogen and oxygen atoms in total. The van der Waals surface area contributed by atoms with Crippen LogP contribution in [0, 0.1) is 5.82 Å². The molecule has 0 saturated carbocycles. The summed E-state index contributed by atoms with van der Waals surface area (Å²) in [6.07, 6.45) is 6.19. The molecule has 32 heavy (non-hydrogen) atoms. The van der Waals surface area contributed by atoms with E-state index in [1.165, 1.54) is 17.4 Å². The normalized spacial score (nSPS) is 11.0. The van der Waals surface area contributed by atoms with Gasteiger partial charge in [0.05, 0.1) is 31.7 Å². The number of nitrogens with zero attached hydrogens (tertiary/aromatic N) is 4. The van der Waals surface area contributed by atoms with Gasteiger partial charge in [-0.2, -0.15) is 0 Å². The lowest BCUT2D eigenvalue weighted by Gasteiger charge is -2.20. The molecule has 0 radical (unpaired) electrons. The van der Waals surface area contributed by atoms with Gasteiger partial charge in [0.25, 0.3) is 0 Å². The van der Waals surface area contributed by atoms with Gasteiger partial charge in [-0.05, 0) is 36.2 Å². The molecule has 4 rings (SSSR count). The van der Waals surface area contributed by atoms with E-state index in [1.807, 2.05) is 22.9 Å². The first kappa shape index (κ1) is 21.8. The number of ether oxygens (including phenoxy) is 2. The van der Waals surface area contributed by atoms with E-state index in [9.17, 15) is 9.18 Å². The van der Waals surface area contributed by atoms with Gasteiger partial charge in [-0.3, -0.25) is 9.69 Å². The number of rotatable bonds is 9. The van der Waals surface area contributed by atoms with Crippen LogP contribution in [0.4, 0.5) is 9.52 Å². The Hall–Kier alpha value is -3.46. The molecule has 0 saturated heterocycles. The van der Waals surface area contributed by atoms with E-state index in [0.29, 0.717) is 40.8 Å². The summed E-state index contributed by atoms with van der Waals surface area (Å²) in [4.78, 5) is 23.4. The number of methoxy groups -OCH3 is 2. The fraction of sp³-hybridized carbons (Fsp3) is 0.261. The minimum Gasteiger partial charge on any atom is -0.493 e.